The molecule has 0 aliphatic heterocycles. The van der Waals surface area contributed by atoms with Crippen molar-refractivity contribution in [2.24, 2.45) is 0 Å². The van der Waals surface area contributed by atoms with Crippen LogP contribution in [0, 0.1) is 67.7 Å². The number of rotatable bonds is 0. The van der Waals surface area contributed by atoms with E-state index in [0.29, 0.717) is 0 Å². The summed E-state index contributed by atoms with van der Waals surface area (Å²) in [4.78, 5) is 0. The van der Waals surface area contributed by atoms with E-state index in [1.807, 2.05) is 0 Å². The minimum absolute atomic E-state index is 0. The summed E-state index contributed by atoms with van der Waals surface area (Å²) in [5.74, 6) is 2.73. The molecule has 2 rings (SSSR count). The van der Waals surface area contributed by atoms with Crippen LogP contribution in [0.3, 0.4) is 0 Å². The Bertz CT molecular complexity index is 609. The Balaban J connectivity index is 0.000000370. The molecule has 0 bridgehead atoms. The van der Waals surface area contributed by atoms with Gasteiger partial charge in [-0.05, 0) is 0 Å². The first-order valence-corrected chi connectivity index (χ1v) is 7.12. The first kappa shape index (κ1) is 19.8. The zero-order valence-corrected chi connectivity index (χ0v) is 15.6. The molecule has 0 saturated heterocycles. The van der Waals surface area contributed by atoms with Gasteiger partial charge in [-0.25, -0.2) is 27.7 Å². The minimum atomic E-state index is 0. The average molecular weight is 322 g/mol. The fraction of sp³-hybridized carbons (Fsp3) is 0.400. The average Bonchev–Trinajstić information content (AvgIpc) is 2.74. The number of terminal acetylenes is 1. The molecule has 2 aromatic carbocycles. The standard InChI is InChI=1S/C11H13.C9H13.Fe/c1-6-11-9(4)7(2)8(3)10(11)5;1-6-5-7(2)9(4)8(6)3;/h1H,2-5H3;5H,1-4H3;/q-1;-5;. The van der Waals surface area contributed by atoms with Crippen LogP contribution in [0.1, 0.15) is 50.1 Å². The number of aryl methyl sites for hydroxylation is 2. The first-order valence-electron chi connectivity index (χ1n) is 7.12. The Kier molecular flexibility index (Phi) is 7.25. The minimum Gasteiger partial charge on any atom is -0.743 e. The van der Waals surface area contributed by atoms with E-state index < -0.39 is 0 Å². The normalized spacial score (nSPS) is 9.48. The van der Waals surface area contributed by atoms with Crippen LogP contribution in [-0.4, -0.2) is 0 Å². The monoisotopic (exact) mass is 322 g/mol. The van der Waals surface area contributed by atoms with Crippen molar-refractivity contribution in [2.45, 2.75) is 55.4 Å². The second-order valence-electron chi connectivity index (χ2n) is 5.78. The van der Waals surface area contributed by atoms with Gasteiger partial charge < -0.3 is 28.3 Å². The zero-order chi connectivity index (χ0) is 15.6. The van der Waals surface area contributed by atoms with E-state index in [1.54, 1.807) is 0 Å². The van der Waals surface area contributed by atoms with Gasteiger partial charge in [-0.2, -0.15) is 28.2 Å². The molecule has 0 amide bonds. The molecule has 1 heteroatoms. The van der Waals surface area contributed by atoms with Gasteiger partial charge in [0.05, 0.1) is 0 Å². The van der Waals surface area contributed by atoms with Gasteiger partial charge in [0.2, 0.25) is 0 Å². The molecule has 0 N–H and O–H groups in total. The van der Waals surface area contributed by atoms with E-state index in [-0.39, 0.29) is 17.1 Å². The molecule has 0 fully saturated rings. The molecule has 0 spiro atoms. The molecule has 0 radical (unpaired) electrons. The quantitative estimate of drug-likeness (QED) is 0.353. The molecule has 0 aliphatic rings. The molecule has 0 aliphatic carbocycles. The van der Waals surface area contributed by atoms with Crippen LogP contribution < -0.4 is 0 Å². The van der Waals surface area contributed by atoms with Gasteiger partial charge in [0.15, 0.2) is 0 Å². The van der Waals surface area contributed by atoms with Crippen LogP contribution >= 0.6 is 0 Å². The fourth-order valence-corrected chi connectivity index (χ4v) is 2.57. The second kappa shape index (κ2) is 7.69. The third-order valence-corrected chi connectivity index (χ3v) is 4.76. The van der Waals surface area contributed by atoms with Crippen molar-refractivity contribution in [3.05, 3.63) is 56.1 Å². The van der Waals surface area contributed by atoms with Crippen molar-refractivity contribution in [1.82, 2.24) is 0 Å². The Hall–Kier alpha value is -1.22. The van der Waals surface area contributed by atoms with Gasteiger partial charge in [0.25, 0.3) is 0 Å². The van der Waals surface area contributed by atoms with Crippen molar-refractivity contribution < 1.29 is 17.1 Å². The van der Waals surface area contributed by atoms with E-state index in [1.165, 1.54) is 44.5 Å². The Morgan fingerprint density at radius 1 is 0.857 bits per heavy atom. The van der Waals surface area contributed by atoms with Gasteiger partial charge in [0.1, 0.15) is 0 Å². The summed E-state index contributed by atoms with van der Waals surface area (Å²) in [5, 5.41) is 0. The van der Waals surface area contributed by atoms with Crippen molar-refractivity contribution in [2.75, 3.05) is 0 Å². The van der Waals surface area contributed by atoms with Gasteiger partial charge in [-0.1, -0.05) is 27.7 Å². The summed E-state index contributed by atoms with van der Waals surface area (Å²) in [6.07, 6.45) is 5.38. The van der Waals surface area contributed by atoms with E-state index in [9.17, 15) is 0 Å². The molecule has 0 atom stereocenters. The van der Waals surface area contributed by atoms with Crippen molar-refractivity contribution in [3.8, 4) is 12.3 Å². The number of hydrogen-bond donors (Lipinski definition) is 0. The summed E-state index contributed by atoms with van der Waals surface area (Å²) >= 11 is 0. The fourth-order valence-electron chi connectivity index (χ4n) is 2.57. The molecule has 0 unspecified atom stereocenters. The van der Waals surface area contributed by atoms with E-state index in [2.05, 4.69) is 67.4 Å². The largest absolute Gasteiger partial charge is 0.743 e. The van der Waals surface area contributed by atoms with Crippen LogP contribution in [0.25, 0.3) is 0 Å². The van der Waals surface area contributed by atoms with E-state index in [0.717, 1.165) is 5.56 Å². The number of hydrogen-bond acceptors (Lipinski definition) is 0. The van der Waals surface area contributed by atoms with Crippen LogP contribution in [0.5, 0.6) is 0 Å². The topological polar surface area (TPSA) is 0 Å². The zero-order valence-electron chi connectivity index (χ0n) is 14.5. The maximum atomic E-state index is 5.38. The predicted molar refractivity (Wildman–Crippen MR) is 89.9 cm³/mol. The van der Waals surface area contributed by atoms with Crippen LogP contribution in [0.15, 0.2) is 6.07 Å². The van der Waals surface area contributed by atoms with Gasteiger partial charge in [-0.3, -0.25) is 0 Å². The smallest absolute Gasteiger partial charge is 0 e. The van der Waals surface area contributed by atoms with E-state index >= 15 is 0 Å². The summed E-state index contributed by atoms with van der Waals surface area (Å²) in [5.41, 5.74) is 12.0. The predicted octanol–water partition coefficient (Wildman–Crippen LogP) is 5.26. The summed E-state index contributed by atoms with van der Waals surface area (Å²) in [6, 6.07) is 2.24. The van der Waals surface area contributed by atoms with Crippen LogP contribution in [0.4, 0.5) is 0 Å². The molecule has 0 aromatic heterocycles. The summed E-state index contributed by atoms with van der Waals surface area (Å²) < 4.78 is 0. The Morgan fingerprint density at radius 2 is 1.29 bits per heavy atom. The second-order valence-corrected chi connectivity index (χ2v) is 5.78. The van der Waals surface area contributed by atoms with Crippen molar-refractivity contribution in [1.29, 1.82) is 0 Å². The summed E-state index contributed by atoms with van der Waals surface area (Å²) in [7, 11) is 0. The first-order chi connectivity index (χ1) is 9.22. The van der Waals surface area contributed by atoms with Gasteiger partial charge in [-0.15, -0.1) is 12.0 Å². The van der Waals surface area contributed by atoms with Gasteiger partial charge >= 0.3 is 0 Å². The molecule has 2 aromatic rings. The van der Waals surface area contributed by atoms with E-state index in [4.69, 9.17) is 6.42 Å². The molecule has 0 saturated carbocycles. The van der Waals surface area contributed by atoms with Crippen molar-refractivity contribution >= 4 is 0 Å². The molecule has 0 heterocycles. The van der Waals surface area contributed by atoms with Gasteiger partial charge in [0, 0.05) is 17.1 Å². The summed E-state index contributed by atoms with van der Waals surface area (Å²) in [6.45, 7) is 17.1. The maximum Gasteiger partial charge on any atom is 0 e. The van der Waals surface area contributed by atoms with Crippen LogP contribution in [0.2, 0.25) is 0 Å². The molecule has 0 nitrogen and oxygen atoms in total. The molecule has 21 heavy (non-hydrogen) atoms. The third kappa shape index (κ3) is 3.91. The SMILES string of the molecule is C#Cc1c(C)c(C)[c-](C)c1C.C[c-]1[cH-][c-](C)[c-](C)[c-]1C.[Fe]. The van der Waals surface area contributed by atoms with Crippen LogP contribution in [-0.2, 0) is 17.1 Å². The molecular formula is C20H26Fe-6. The Labute approximate surface area is 141 Å². The molecular weight excluding hydrogens is 296 g/mol. The molecule has 120 valence electrons. The third-order valence-electron chi connectivity index (χ3n) is 4.76. The Morgan fingerprint density at radius 3 is 1.43 bits per heavy atom. The maximum absolute atomic E-state index is 5.38. The van der Waals surface area contributed by atoms with Crippen molar-refractivity contribution in [3.63, 3.8) is 0 Å².